The number of nitrogens with zero attached hydrogens (tertiary/aromatic N) is 2. The van der Waals surface area contributed by atoms with Crippen molar-refractivity contribution in [1.29, 1.82) is 5.26 Å². The lowest BCUT2D eigenvalue weighted by atomic mass is 9.89. The lowest BCUT2D eigenvalue weighted by Crippen LogP contribution is -2.52. The van der Waals surface area contributed by atoms with Gasteiger partial charge in [0.2, 0.25) is 0 Å². The topological polar surface area (TPSA) is 44.1 Å². The van der Waals surface area contributed by atoms with Crippen LogP contribution in [-0.2, 0) is 0 Å². The largest absolute Gasteiger partial charge is 0.292 e. The predicted octanol–water partition coefficient (Wildman–Crippen LogP) is 3.01. The average Bonchev–Trinajstić information content (AvgIpc) is 2.47. The number of likely N-dealkylation sites (tertiary alicyclic amines) is 1. The van der Waals surface area contributed by atoms with Crippen LogP contribution in [0.2, 0.25) is 0 Å². The molecule has 100 valence electrons. The molecule has 3 nitrogen and oxygen atoms in total. The summed E-state index contributed by atoms with van der Waals surface area (Å²) in [4.78, 5) is 14.9. The second-order valence-electron chi connectivity index (χ2n) is 5.63. The van der Waals surface area contributed by atoms with E-state index in [2.05, 4.69) is 11.0 Å². The van der Waals surface area contributed by atoms with Crippen molar-refractivity contribution in [3.8, 4) is 6.07 Å². The number of hydrogen-bond donors (Lipinski definition) is 0. The second kappa shape index (κ2) is 5.54. The molecule has 0 amide bonds. The number of rotatable bonds is 3. The number of ketones is 1. The van der Waals surface area contributed by atoms with Gasteiger partial charge in [0.15, 0.2) is 5.78 Å². The molecule has 0 atom stereocenters. The van der Waals surface area contributed by atoms with Gasteiger partial charge in [-0.05, 0) is 51.9 Å². The number of hydrogen-bond acceptors (Lipinski definition) is 3. The molecule has 1 aromatic rings. The maximum absolute atomic E-state index is 12.6. The Morgan fingerprint density at radius 2 is 1.74 bits per heavy atom. The molecular weight excluding hydrogens is 236 g/mol. The highest BCUT2D eigenvalue weighted by Gasteiger charge is 2.35. The standard InChI is InChI=1S/C16H20N2O/c1-16(2,18-10-4-3-5-11-18)15(19)14-8-6-13(12-17)7-9-14/h6-9H,3-5,10-11H2,1-2H3. The molecule has 3 heteroatoms. The van der Waals surface area contributed by atoms with E-state index in [1.807, 2.05) is 13.8 Å². The summed E-state index contributed by atoms with van der Waals surface area (Å²) in [5, 5.41) is 8.79. The predicted molar refractivity (Wildman–Crippen MR) is 75.0 cm³/mol. The van der Waals surface area contributed by atoms with E-state index in [0.29, 0.717) is 11.1 Å². The van der Waals surface area contributed by atoms with E-state index in [0.717, 1.165) is 13.1 Å². The summed E-state index contributed by atoms with van der Waals surface area (Å²) in [6.45, 7) is 5.99. The summed E-state index contributed by atoms with van der Waals surface area (Å²) in [5.74, 6) is 0.138. The van der Waals surface area contributed by atoms with Crippen molar-refractivity contribution < 1.29 is 4.79 Å². The van der Waals surface area contributed by atoms with Gasteiger partial charge in [0, 0.05) is 5.56 Å². The number of carbonyl (C=O) groups excluding carboxylic acids is 1. The molecule has 1 saturated heterocycles. The molecule has 0 aliphatic carbocycles. The number of benzene rings is 1. The minimum absolute atomic E-state index is 0.138. The average molecular weight is 256 g/mol. The van der Waals surface area contributed by atoms with Gasteiger partial charge < -0.3 is 0 Å². The van der Waals surface area contributed by atoms with Crippen LogP contribution in [0.15, 0.2) is 24.3 Å². The van der Waals surface area contributed by atoms with Gasteiger partial charge in [-0.1, -0.05) is 18.6 Å². The zero-order valence-electron chi connectivity index (χ0n) is 11.6. The van der Waals surface area contributed by atoms with Crippen molar-refractivity contribution >= 4 is 5.78 Å². The van der Waals surface area contributed by atoms with E-state index in [-0.39, 0.29) is 5.78 Å². The van der Waals surface area contributed by atoms with Gasteiger partial charge in [0.05, 0.1) is 17.2 Å². The fraction of sp³-hybridized carbons (Fsp3) is 0.500. The van der Waals surface area contributed by atoms with Crippen LogP contribution < -0.4 is 0 Å². The second-order valence-corrected chi connectivity index (χ2v) is 5.63. The minimum atomic E-state index is -0.464. The quantitative estimate of drug-likeness (QED) is 0.781. The number of piperidine rings is 1. The molecule has 1 fully saturated rings. The highest BCUT2D eigenvalue weighted by Crippen LogP contribution is 2.24. The van der Waals surface area contributed by atoms with Crippen molar-refractivity contribution in [3.05, 3.63) is 35.4 Å². The Balaban J connectivity index is 2.18. The maximum Gasteiger partial charge on any atom is 0.182 e. The first-order chi connectivity index (χ1) is 9.05. The van der Waals surface area contributed by atoms with Gasteiger partial charge in [-0.2, -0.15) is 5.26 Å². The smallest absolute Gasteiger partial charge is 0.182 e. The van der Waals surface area contributed by atoms with E-state index >= 15 is 0 Å². The first-order valence-electron chi connectivity index (χ1n) is 6.86. The zero-order valence-corrected chi connectivity index (χ0v) is 11.6. The molecule has 1 aliphatic heterocycles. The molecule has 0 radical (unpaired) electrons. The highest BCUT2D eigenvalue weighted by atomic mass is 16.1. The molecule has 2 rings (SSSR count). The number of carbonyl (C=O) groups is 1. The van der Waals surface area contributed by atoms with Crippen LogP contribution in [0, 0.1) is 11.3 Å². The number of Topliss-reactive ketones (excluding diaryl/α,β-unsaturated/α-hetero) is 1. The van der Waals surface area contributed by atoms with Crippen LogP contribution in [0.1, 0.15) is 49.0 Å². The van der Waals surface area contributed by atoms with Gasteiger partial charge >= 0.3 is 0 Å². The first kappa shape index (κ1) is 13.8. The molecule has 0 aromatic heterocycles. The fourth-order valence-electron chi connectivity index (χ4n) is 2.65. The highest BCUT2D eigenvalue weighted by molar-refractivity contribution is 6.02. The van der Waals surface area contributed by atoms with E-state index in [1.54, 1.807) is 24.3 Å². The van der Waals surface area contributed by atoms with E-state index in [1.165, 1.54) is 19.3 Å². The molecule has 0 N–H and O–H groups in total. The number of nitriles is 1. The normalized spacial score (nSPS) is 16.9. The van der Waals surface area contributed by atoms with Gasteiger partial charge in [-0.25, -0.2) is 0 Å². The van der Waals surface area contributed by atoms with Crippen LogP contribution in [0.5, 0.6) is 0 Å². The fourth-order valence-corrected chi connectivity index (χ4v) is 2.65. The molecule has 1 aromatic carbocycles. The summed E-state index contributed by atoms with van der Waals surface area (Å²) in [7, 11) is 0. The van der Waals surface area contributed by atoms with Crippen molar-refractivity contribution in [2.24, 2.45) is 0 Å². The summed E-state index contributed by atoms with van der Waals surface area (Å²) in [5.41, 5.74) is 0.816. The maximum atomic E-state index is 12.6. The summed E-state index contributed by atoms with van der Waals surface area (Å²) in [6.07, 6.45) is 3.60. The van der Waals surface area contributed by atoms with Crippen LogP contribution in [0.25, 0.3) is 0 Å². The molecular formula is C16H20N2O. The van der Waals surface area contributed by atoms with E-state index in [9.17, 15) is 4.79 Å². The van der Waals surface area contributed by atoms with Crippen molar-refractivity contribution in [1.82, 2.24) is 4.90 Å². The van der Waals surface area contributed by atoms with Crippen molar-refractivity contribution in [2.45, 2.75) is 38.6 Å². The van der Waals surface area contributed by atoms with E-state index < -0.39 is 5.54 Å². The Labute approximate surface area is 114 Å². The van der Waals surface area contributed by atoms with Gasteiger partial charge in [-0.3, -0.25) is 9.69 Å². The lowest BCUT2D eigenvalue weighted by Gasteiger charge is -2.39. The molecule has 0 saturated carbocycles. The van der Waals surface area contributed by atoms with Crippen LogP contribution >= 0.6 is 0 Å². The first-order valence-corrected chi connectivity index (χ1v) is 6.86. The monoisotopic (exact) mass is 256 g/mol. The minimum Gasteiger partial charge on any atom is -0.292 e. The third-order valence-electron chi connectivity index (χ3n) is 3.98. The Morgan fingerprint density at radius 3 is 2.26 bits per heavy atom. The molecule has 0 bridgehead atoms. The SMILES string of the molecule is CC(C)(C(=O)c1ccc(C#N)cc1)N1CCCCC1. The van der Waals surface area contributed by atoms with Crippen LogP contribution in [-0.4, -0.2) is 29.3 Å². The summed E-state index contributed by atoms with van der Waals surface area (Å²) in [6, 6.07) is 9.00. The molecule has 19 heavy (non-hydrogen) atoms. The molecule has 1 aliphatic rings. The summed E-state index contributed by atoms with van der Waals surface area (Å²) < 4.78 is 0. The van der Waals surface area contributed by atoms with Gasteiger partial charge in [0.25, 0.3) is 0 Å². The Hall–Kier alpha value is -1.66. The third-order valence-corrected chi connectivity index (χ3v) is 3.98. The molecule has 0 spiro atoms. The third kappa shape index (κ3) is 2.85. The van der Waals surface area contributed by atoms with Crippen LogP contribution in [0.3, 0.4) is 0 Å². The Morgan fingerprint density at radius 1 is 1.16 bits per heavy atom. The Kier molecular flexibility index (Phi) is 4.01. The molecule has 0 unspecified atom stereocenters. The zero-order chi connectivity index (χ0) is 13.9. The van der Waals surface area contributed by atoms with Crippen molar-refractivity contribution in [3.63, 3.8) is 0 Å². The molecule has 1 heterocycles. The lowest BCUT2D eigenvalue weighted by molar-refractivity contribution is 0.0579. The van der Waals surface area contributed by atoms with Crippen LogP contribution in [0.4, 0.5) is 0 Å². The van der Waals surface area contributed by atoms with Gasteiger partial charge in [0.1, 0.15) is 0 Å². The van der Waals surface area contributed by atoms with E-state index in [4.69, 9.17) is 5.26 Å². The Bertz CT molecular complexity index is 490. The van der Waals surface area contributed by atoms with Crippen molar-refractivity contribution in [2.75, 3.05) is 13.1 Å². The van der Waals surface area contributed by atoms with Gasteiger partial charge in [-0.15, -0.1) is 0 Å². The summed E-state index contributed by atoms with van der Waals surface area (Å²) >= 11 is 0.